The smallest absolute Gasteiger partial charge is 0.550 e. The van der Waals surface area contributed by atoms with E-state index in [1.54, 1.807) is 0 Å². The van der Waals surface area contributed by atoms with E-state index >= 15 is 0 Å². The molecular weight excluding hydrogens is 512 g/mol. The van der Waals surface area contributed by atoms with Crippen LogP contribution in [0.5, 0.6) is 0 Å². The molecule has 0 heterocycles. The van der Waals surface area contributed by atoms with Crippen LogP contribution in [-0.4, -0.2) is 35.8 Å². The number of hydrogen-bond acceptors (Lipinski definition) is 12. The molecule has 0 amide bonds. The Hall–Kier alpha value is -2.12. The van der Waals surface area contributed by atoms with Gasteiger partial charge in [0, 0.05) is 35.8 Å². The van der Waals surface area contributed by atoms with Gasteiger partial charge in [0.05, 0.1) is 0 Å². The number of rotatable bonds is 15. The molecule has 0 N–H and O–H groups in total. The monoisotopic (exact) mass is 536 g/mol. The van der Waals surface area contributed by atoms with Crippen molar-refractivity contribution in [3.05, 3.63) is 0 Å². The summed E-state index contributed by atoms with van der Waals surface area (Å²) < 4.78 is 0. The zero-order chi connectivity index (χ0) is 23.9. The second-order valence-corrected chi connectivity index (χ2v) is 5.85. The fourth-order valence-corrected chi connectivity index (χ4v) is 1.62. The van der Waals surface area contributed by atoms with Gasteiger partial charge in [-0.15, -0.1) is 0 Å². The van der Waals surface area contributed by atoms with E-state index in [0.717, 1.165) is 0 Å². The average Bonchev–Trinajstić information content (AvgIpc) is 2.60. The maximum absolute atomic E-state index is 9.77. The molecule has 0 atom stereocenters. The maximum atomic E-state index is 9.77. The van der Waals surface area contributed by atoms with Crippen LogP contribution in [0, 0.1) is 0 Å². The molecule has 0 aliphatic carbocycles. The minimum Gasteiger partial charge on any atom is -0.550 e. The Morgan fingerprint density at radius 1 is 0.312 bits per heavy atom. The SMILES string of the molecule is O=C([O-])CCCCC(=O)[O-].O=C([O-])CCCCC(=O)[O-].O=C([O-])CCCCC(=O)[O-].[Cr+3].[Cr+3]. The van der Waals surface area contributed by atoms with Crippen molar-refractivity contribution in [2.24, 2.45) is 0 Å². The molecule has 0 saturated carbocycles. The molecule has 32 heavy (non-hydrogen) atoms. The quantitative estimate of drug-likeness (QED) is 0.178. The van der Waals surface area contributed by atoms with Gasteiger partial charge in [0.25, 0.3) is 0 Å². The predicted molar refractivity (Wildman–Crippen MR) is 85.4 cm³/mol. The Balaban J connectivity index is -0.000000110. The molecule has 0 unspecified atom stereocenters. The molecule has 0 spiro atoms. The Morgan fingerprint density at radius 2 is 0.406 bits per heavy atom. The minimum atomic E-state index is -1.14. The molecule has 2 radical (unpaired) electrons. The summed E-state index contributed by atoms with van der Waals surface area (Å²) in [6.07, 6.45) is 1.60. The van der Waals surface area contributed by atoms with Gasteiger partial charge in [0.15, 0.2) is 0 Å². The van der Waals surface area contributed by atoms with Gasteiger partial charge in [-0.1, -0.05) is 0 Å². The normalized spacial score (nSPS) is 8.62. The third-order valence-electron chi connectivity index (χ3n) is 3.04. The number of carboxylic acid groups (broad SMARTS) is 6. The second-order valence-electron chi connectivity index (χ2n) is 5.85. The number of unbranched alkanes of at least 4 members (excludes halogenated alkanes) is 3. The summed E-state index contributed by atoms with van der Waals surface area (Å²) in [5.74, 6) is -6.84. The van der Waals surface area contributed by atoms with Crippen LogP contribution in [0.3, 0.4) is 0 Å². The van der Waals surface area contributed by atoms with E-state index in [-0.39, 0.29) is 73.2 Å². The van der Waals surface area contributed by atoms with Gasteiger partial charge in [0.2, 0.25) is 0 Å². The summed E-state index contributed by atoms with van der Waals surface area (Å²) in [4.78, 5) is 58.6. The first kappa shape index (κ1) is 40.3. The van der Waals surface area contributed by atoms with Gasteiger partial charge in [-0.3, -0.25) is 0 Å². The van der Waals surface area contributed by atoms with Gasteiger partial charge in [-0.2, -0.15) is 0 Å². The summed E-state index contributed by atoms with van der Waals surface area (Å²) in [5, 5.41) is 58.6. The van der Waals surface area contributed by atoms with E-state index in [2.05, 4.69) is 0 Å². The number of carbonyl (C=O) groups is 6. The molecule has 0 rings (SSSR count). The Labute approximate surface area is 206 Å². The summed E-state index contributed by atoms with van der Waals surface area (Å²) in [5.41, 5.74) is 0. The zero-order valence-corrected chi connectivity index (χ0v) is 19.8. The van der Waals surface area contributed by atoms with Crippen LogP contribution in [0.15, 0.2) is 0 Å². The van der Waals surface area contributed by atoms with Crippen molar-refractivity contribution in [3.8, 4) is 0 Å². The topological polar surface area (TPSA) is 241 Å². The van der Waals surface area contributed by atoms with Gasteiger partial charge >= 0.3 is 34.7 Å². The molecule has 0 bridgehead atoms. The zero-order valence-electron chi connectivity index (χ0n) is 17.2. The first-order valence-corrected chi connectivity index (χ1v) is 9.07. The van der Waals surface area contributed by atoms with E-state index in [9.17, 15) is 59.4 Å². The Morgan fingerprint density at radius 3 is 0.469 bits per heavy atom. The van der Waals surface area contributed by atoms with Gasteiger partial charge < -0.3 is 59.4 Å². The largest absolute Gasteiger partial charge is 3.00 e. The standard InChI is InChI=1S/3C6H10O4.2Cr/c3*7-5(8)3-1-2-4-6(9)10;;/h3*1-4H2,(H,7,8)(H,9,10);;/q;;;2*+3/p-6. The van der Waals surface area contributed by atoms with Crippen molar-refractivity contribution in [2.45, 2.75) is 77.0 Å². The van der Waals surface area contributed by atoms with E-state index < -0.39 is 35.8 Å². The number of hydrogen-bond donors (Lipinski definition) is 0. The Bertz CT molecular complexity index is 428. The van der Waals surface area contributed by atoms with Crippen LogP contribution in [0.25, 0.3) is 0 Å². The van der Waals surface area contributed by atoms with Crippen LogP contribution in [-0.2, 0) is 63.5 Å². The predicted octanol–water partition coefficient (Wildman–Crippen LogP) is -5.87. The van der Waals surface area contributed by atoms with E-state index in [0.29, 0.717) is 38.5 Å². The van der Waals surface area contributed by atoms with Crippen molar-refractivity contribution in [1.29, 1.82) is 0 Å². The first-order valence-electron chi connectivity index (χ1n) is 9.07. The molecule has 0 aromatic carbocycles. The van der Waals surface area contributed by atoms with Crippen LogP contribution in [0.1, 0.15) is 77.0 Å². The van der Waals surface area contributed by atoms with E-state index in [1.807, 2.05) is 0 Å². The minimum absolute atomic E-state index is 0. The molecule has 12 nitrogen and oxygen atoms in total. The molecular formula is C18H24Cr2O12. The number of carboxylic acids is 6. The summed E-state index contributed by atoms with van der Waals surface area (Å²) in [6, 6.07) is 0. The average molecular weight is 536 g/mol. The van der Waals surface area contributed by atoms with Crippen molar-refractivity contribution in [1.82, 2.24) is 0 Å². The molecule has 0 aliphatic heterocycles. The van der Waals surface area contributed by atoms with Crippen molar-refractivity contribution in [2.75, 3.05) is 0 Å². The van der Waals surface area contributed by atoms with Crippen molar-refractivity contribution < 1.29 is 94.1 Å². The fraction of sp³-hybridized carbons (Fsp3) is 0.667. The van der Waals surface area contributed by atoms with E-state index in [1.165, 1.54) is 0 Å². The molecule has 0 aliphatic rings. The molecule has 0 saturated heterocycles. The first-order chi connectivity index (χ1) is 13.9. The Kier molecular flexibility index (Phi) is 36.3. The third-order valence-corrected chi connectivity index (χ3v) is 3.04. The van der Waals surface area contributed by atoms with Crippen LogP contribution in [0.4, 0.5) is 0 Å². The summed E-state index contributed by atoms with van der Waals surface area (Å²) in [7, 11) is 0. The van der Waals surface area contributed by atoms with Crippen LogP contribution >= 0.6 is 0 Å². The molecule has 14 heteroatoms. The van der Waals surface area contributed by atoms with Gasteiger partial charge in [0.1, 0.15) is 0 Å². The second kappa shape index (κ2) is 28.9. The van der Waals surface area contributed by atoms with Gasteiger partial charge in [-0.25, -0.2) is 0 Å². The molecule has 0 aromatic rings. The van der Waals surface area contributed by atoms with Crippen molar-refractivity contribution >= 4 is 35.8 Å². The molecule has 0 fully saturated rings. The number of aliphatic carboxylic acids is 6. The molecule has 0 aromatic heterocycles. The van der Waals surface area contributed by atoms with Crippen molar-refractivity contribution in [3.63, 3.8) is 0 Å². The fourth-order valence-electron chi connectivity index (χ4n) is 1.62. The van der Waals surface area contributed by atoms with Crippen LogP contribution in [0.2, 0.25) is 0 Å². The number of carbonyl (C=O) groups excluding carboxylic acids is 6. The molecule has 180 valence electrons. The summed E-state index contributed by atoms with van der Waals surface area (Å²) in [6.45, 7) is 0. The van der Waals surface area contributed by atoms with E-state index in [4.69, 9.17) is 0 Å². The maximum Gasteiger partial charge on any atom is 3.00 e. The summed E-state index contributed by atoms with van der Waals surface area (Å²) >= 11 is 0. The van der Waals surface area contributed by atoms with Gasteiger partial charge in [-0.05, 0) is 77.0 Å². The van der Waals surface area contributed by atoms with Crippen LogP contribution < -0.4 is 30.6 Å². The third kappa shape index (κ3) is 56.5.